The lowest BCUT2D eigenvalue weighted by atomic mass is 9.87. The Morgan fingerprint density at radius 2 is 2.15 bits per heavy atom. The van der Waals surface area contributed by atoms with Gasteiger partial charge in [-0.3, -0.25) is 4.79 Å². The van der Waals surface area contributed by atoms with Crippen molar-refractivity contribution in [1.29, 1.82) is 0 Å². The largest absolute Gasteiger partial charge is 0.348 e. The average Bonchev–Trinajstić information content (AvgIpc) is 2.96. The molecule has 1 fully saturated rings. The number of nitrogens with zero attached hydrogens (tertiary/aromatic N) is 4. The first-order valence-corrected chi connectivity index (χ1v) is 6.58. The van der Waals surface area contributed by atoms with Crippen LogP contribution in [0, 0.1) is 0 Å². The zero-order chi connectivity index (χ0) is 13.9. The molecular weight excluding hydrogens is 256 g/mol. The predicted molar refractivity (Wildman–Crippen MR) is 71.8 cm³/mol. The number of tetrazole rings is 1. The number of carbonyl (C=O) groups is 1. The summed E-state index contributed by atoms with van der Waals surface area (Å²) in [6.07, 6.45) is 3.50. The summed E-state index contributed by atoms with van der Waals surface area (Å²) in [5.74, 6) is -0.0703. The number of aromatic nitrogens is 4. The fourth-order valence-corrected chi connectivity index (χ4v) is 2.16. The van der Waals surface area contributed by atoms with E-state index in [2.05, 4.69) is 20.8 Å². The first kappa shape index (κ1) is 12.7. The monoisotopic (exact) mass is 272 g/mol. The molecule has 104 valence electrons. The molecule has 0 bridgehead atoms. The lowest BCUT2D eigenvalue weighted by Crippen LogP contribution is -2.54. The molecule has 3 rings (SSSR count). The van der Waals surface area contributed by atoms with E-state index in [-0.39, 0.29) is 18.0 Å². The van der Waals surface area contributed by atoms with Crippen molar-refractivity contribution in [2.45, 2.75) is 31.5 Å². The van der Waals surface area contributed by atoms with Crippen LogP contribution < -0.4 is 11.1 Å². The molecule has 1 aliphatic rings. The van der Waals surface area contributed by atoms with Gasteiger partial charge in [-0.05, 0) is 41.0 Å². The quantitative estimate of drug-likeness (QED) is 0.812. The first-order valence-electron chi connectivity index (χ1n) is 6.58. The fourth-order valence-electron chi connectivity index (χ4n) is 2.16. The smallest absolute Gasteiger partial charge is 0.251 e. The van der Waals surface area contributed by atoms with E-state index in [0.717, 1.165) is 18.4 Å². The Morgan fingerprint density at radius 3 is 2.70 bits per heavy atom. The van der Waals surface area contributed by atoms with Gasteiger partial charge in [0.2, 0.25) is 0 Å². The number of nitrogens with two attached hydrogens (primary N) is 1. The standard InChI is InChI=1S/C13H16N6O/c14-11-5-6-12(11)16-13(20)10-3-1-9(2-4-10)7-19-8-15-17-18-19/h1-4,8,11-12H,5-7,14H2,(H,16,20)/t11-,12+/m1/s1. The summed E-state index contributed by atoms with van der Waals surface area (Å²) in [4.78, 5) is 12.0. The highest BCUT2D eigenvalue weighted by molar-refractivity contribution is 5.94. The van der Waals surface area contributed by atoms with Crippen LogP contribution in [-0.2, 0) is 6.54 Å². The van der Waals surface area contributed by atoms with Crippen LogP contribution in [0.1, 0.15) is 28.8 Å². The molecule has 7 nitrogen and oxygen atoms in total. The molecule has 1 aromatic carbocycles. The average molecular weight is 272 g/mol. The summed E-state index contributed by atoms with van der Waals surface area (Å²) in [5, 5.41) is 13.9. The maximum atomic E-state index is 12.0. The van der Waals surface area contributed by atoms with Gasteiger partial charge in [0.25, 0.3) is 5.91 Å². The molecule has 0 radical (unpaired) electrons. The second-order valence-electron chi connectivity index (χ2n) is 5.03. The number of carbonyl (C=O) groups excluding carboxylic acids is 1. The number of amides is 1. The molecule has 2 aromatic rings. The first-order chi connectivity index (χ1) is 9.72. The van der Waals surface area contributed by atoms with Crippen molar-refractivity contribution < 1.29 is 4.79 Å². The van der Waals surface area contributed by atoms with E-state index in [4.69, 9.17) is 5.73 Å². The van der Waals surface area contributed by atoms with Crippen LogP contribution in [0.15, 0.2) is 30.6 Å². The van der Waals surface area contributed by atoms with Gasteiger partial charge < -0.3 is 11.1 Å². The Labute approximate surface area is 116 Å². The molecule has 1 amide bonds. The summed E-state index contributed by atoms with van der Waals surface area (Å²) in [5.41, 5.74) is 7.49. The number of rotatable bonds is 4. The van der Waals surface area contributed by atoms with Crippen LogP contribution in [0.5, 0.6) is 0 Å². The van der Waals surface area contributed by atoms with Gasteiger partial charge in [-0.25, -0.2) is 4.68 Å². The van der Waals surface area contributed by atoms with E-state index >= 15 is 0 Å². The zero-order valence-corrected chi connectivity index (χ0v) is 10.9. The Kier molecular flexibility index (Phi) is 3.42. The molecule has 1 aliphatic carbocycles. The molecule has 2 atom stereocenters. The van der Waals surface area contributed by atoms with Gasteiger partial charge in [0.1, 0.15) is 6.33 Å². The van der Waals surface area contributed by atoms with Gasteiger partial charge >= 0.3 is 0 Å². The molecule has 0 spiro atoms. The van der Waals surface area contributed by atoms with Crippen LogP contribution in [0.2, 0.25) is 0 Å². The summed E-state index contributed by atoms with van der Waals surface area (Å²) in [6.45, 7) is 0.586. The van der Waals surface area contributed by atoms with Crippen molar-refractivity contribution in [3.05, 3.63) is 41.7 Å². The van der Waals surface area contributed by atoms with Crippen molar-refractivity contribution in [3.8, 4) is 0 Å². The zero-order valence-electron chi connectivity index (χ0n) is 10.9. The van der Waals surface area contributed by atoms with Crippen LogP contribution in [0.4, 0.5) is 0 Å². The Hall–Kier alpha value is -2.28. The topological polar surface area (TPSA) is 98.7 Å². The SMILES string of the molecule is N[C@@H]1CC[C@@H]1NC(=O)c1ccc(Cn2cnnn2)cc1. The normalized spacial score (nSPS) is 21.2. The van der Waals surface area contributed by atoms with Gasteiger partial charge in [0.05, 0.1) is 6.54 Å². The highest BCUT2D eigenvalue weighted by Crippen LogP contribution is 2.18. The van der Waals surface area contributed by atoms with Crippen molar-refractivity contribution >= 4 is 5.91 Å². The molecular formula is C13H16N6O. The molecule has 0 unspecified atom stereocenters. The van der Waals surface area contributed by atoms with E-state index in [1.165, 1.54) is 0 Å². The number of benzene rings is 1. The lowest BCUT2D eigenvalue weighted by molar-refractivity contribution is 0.0906. The van der Waals surface area contributed by atoms with E-state index < -0.39 is 0 Å². The highest BCUT2D eigenvalue weighted by Gasteiger charge is 2.28. The number of nitrogens with one attached hydrogen (secondary N) is 1. The van der Waals surface area contributed by atoms with Crippen LogP contribution in [0.3, 0.4) is 0 Å². The second-order valence-corrected chi connectivity index (χ2v) is 5.03. The summed E-state index contributed by atoms with van der Waals surface area (Å²) < 4.78 is 1.63. The molecule has 0 saturated heterocycles. The Balaban J connectivity index is 1.62. The molecule has 3 N–H and O–H groups in total. The van der Waals surface area contributed by atoms with Gasteiger partial charge in [0.15, 0.2) is 0 Å². The van der Waals surface area contributed by atoms with Crippen LogP contribution >= 0.6 is 0 Å². The second kappa shape index (κ2) is 5.38. The highest BCUT2D eigenvalue weighted by atomic mass is 16.1. The number of hydrogen-bond acceptors (Lipinski definition) is 5. The third-order valence-electron chi connectivity index (χ3n) is 3.60. The van der Waals surface area contributed by atoms with Gasteiger partial charge in [-0.2, -0.15) is 0 Å². The van der Waals surface area contributed by atoms with Crippen molar-refractivity contribution in [2.75, 3.05) is 0 Å². The van der Waals surface area contributed by atoms with Crippen molar-refractivity contribution in [2.24, 2.45) is 5.73 Å². The van der Waals surface area contributed by atoms with Crippen molar-refractivity contribution in [3.63, 3.8) is 0 Å². The fraction of sp³-hybridized carbons (Fsp3) is 0.385. The minimum Gasteiger partial charge on any atom is -0.348 e. The molecule has 1 aromatic heterocycles. The molecule has 0 aliphatic heterocycles. The number of hydrogen-bond donors (Lipinski definition) is 2. The van der Waals surface area contributed by atoms with E-state index in [9.17, 15) is 4.79 Å². The van der Waals surface area contributed by atoms with E-state index in [0.29, 0.717) is 12.1 Å². The minimum absolute atomic E-state index is 0.0703. The lowest BCUT2D eigenvalue weighted by Gasteiger charge is -2.34. The van der Waals surface area contributed by atoms with Crippen LogP contribution in [-0.4, -0.2) is 38.2 Å². The van der Waals surface area contributed by atoms with E-state index in [1.807, 2.05) is 12.1 Å². The Morgan fingerprint density at radius 1 is 1.35 bits per heavy atom. The van der Waals surface area contributed by atoms with Gasteiger partial charge in [-0.1, -0.05) is 12.1 Å². The minimum atomic E-state index is -0.0703. The molecule has 7 heteroatoms. The summed E-state index contributed by atoms with van der Waals surface area (Å²) in [6, 6.07) is 7.62. The maximum Gasteiger partial charge on any atom is 0.251 e. The third-order valence-corrected chi connectivity index (χ3v) is 3.60. The predicted octanol–water partition coefficient (Wildman–Crippen LogP) is -0.0591. The molecule has 20 heavy (non-hydrogen) atoms. The summed E-state index contributed by atoms with van der Waals surface area (Å²) >= 11 is 0. The molecule has 1 heterocycles. The van der Waals surface area contributed by atoms with Gasteiger partial charge in [0, 0.05) is 17.6 Å². The van der Waals surface area contributed by atoms with Crippen molar-refractivity contribution in [1.82, 2.24) is 25.5 Å². The van der Waals surface area contributed by atoms with E-state index in [1.54, 1.807) is 23.1 Å². The maximum absolute atomic E-state index is 12.0. The summed E-state index contributed by atoms with van der Waals surface area (Å²) in [7, 11) is 0. The third kappa shape index (κ3) is 2.67. The Bertz CT molecular complexity index is 579. The van der Waals surface area contributed by atoms with Crippen LogP contribution in [0.25, 0.3) is 0 Å². The molecule has 1 saturated carbocycles. The van der Waals surface area contributed by atoms with Gasteiger partial charge in [-0.15, -0.1) is 5.10 Å².